The molecule has 0 fully saturated rings. The van der Waals surface area contributed by atoms with Crippen LogP contribution in [-0.4, -0.2) is 35.4 Å². The molecule has 3 unspecified atom stereocenters. The van der Waals surface area contributed by atoms with Crippen LogP contribution < -0.4 is 0 Å². The van der Waals surface area contributed by atoms with E-state index in [1.165, 1.54) is 6.92 Å². The van der Waals surface area contributed by atoms with Gasteiger partial charge in [-0.3, -0.25) is 9.59 Å². The highest BCUT2D eigenvalue weighted by atomic mass is 16.6. The van der Waals surface area contributed by atoms with Gasteiger partial charge in [-0.1, -0.05) is 13.0 Å². The molecule has 3 atom stereocenters. The van der Waals surface area contributed by atoms with Gasteiger partial charge in [0.1, 0.15) is 11.7 Å². The Bertz CT molecular complexity index is 372. The van der Waals surface area contributed by atoms with E-state index < -0.39 is 17.7 Å². The molecule has 1 heterocycles. The number of carbonyl (C=O) groups excluding carboxylic acids is 2. The van der Waals surface area contributed by atoms with Gasteiger partial charge in [0.2, 0.25) is 0 Å². The number of hydrogen-bond donors (Lipinski definition) is 1. The van der Waals surface area contributed by atoms with Gasteiger partial charge in [-0.2, -0.15) is 0 Å². The molecule has 0 spiro atoms. The third-order valence-corrected chi connectivity index (χ3v) is 3.34. The van der Waals surface area contributed by atoms with Crippen LogP contribution in [-0.2, 0) is 19.1 Å². The normalized spacial score (nSPS) is 32.7. The molecule has 0 bridgehead atoms. The lowest BCUT2D eigenvalue weighted by Crippen LogP contribution is -2.41. The topological polar surface area (TPSA) is 72.8 Å². The first-order chi connectivity index (χ1) is 9.31. The molecule has 20 heavy (non-hydrogen) atoms. The maximum absolute atomic E-state index is 11.4. The van der Waals surface area contributed by atoms with Crippen molar-refractivity contribution in [1.82, 2.24) is 0 Å². The summed E-state index contributed by atoms with van der Waals surface area (Å²) in [4.78, 5) is 22.6. The van der Waals surface area contributed by atoms with Crippen LogP contribution in [0.25, 0.3) is 0 Å². The van der Waals surface area contributed by atoms with Crippen molar-refractivity contribution in [2.45, 2.75) is 58.2 Å². The highest BCUT2D eigenvalue weighted by molar-refractivity contribution is 5.69. The molecule has 1 aliphatic rings. The molecule has 114 valence electrons. The summed E-state index contributed by atoms with van der Waals surface area (Å²) in [5.41, 5.74) is -1.13. The SMILES string of the molecule is CC(=O)OC1C=CC(C)COC(=O)CCCCC1(C)O. The average Bonchev–Trinajstić information content (AvgIpc) is 2.35. The van der Waals surface area contributed by atoms with Gasteiger partial charge in [0.05, 0.1) is 6.61 Å². The molecule has 1 aliphatic heterocycles. The van der Waals surface area contributed by atoms with Crippen molar-refractivity contribution in [3.63, 3.8) is 0 Å². The predicted molar refractivity (Wildman–Crippen MR) is 73.9 cm³/mol. The third kappa shape index (κ3) is 5.74. The van der Waals surface area contributed by atoms with Gasteiger partial charge in [-0.05, 0) is 32.3 Å². The lowest BCUT2D eigenvalue weighted by Gasteiger charge is -2.30. The number of rotatable bonds is 1. The third-order valence-electron chi connectivity index (χ3n) is 3.34. The largest absolute Gasteiger partial charge is 0.465 e. The zero-order valence-electron chi connectivity index (χ0n) is 12.4. The standard InChI is InChI=1S/C15H24O5/c1-11-7-8-13(20-12(2)16)15(3,18)9-5-4-6-14(17)19-10-11/h7-8,11,13,18H,4-6,9-10H2,1-3H3. The van der Waals surface area contributed by atoms with E-state index in [1.54, 1.807) is 19.1 Å². The Morgan fingerprint density at radius 2 is 2.15 bits per heavy atom. The first kappa shape index (κ1) is 16.7. The maximum Gasteiger partial charge on any atom is 0.305 e. The van der Waals surface area contributed by atoms with Crippen molar-refractivity contribution >= 4 is 11.9 Å². The molecule has 0 aromatic heterocycles. The minimum Gasteiger partial charge on any atom is -0.465 e. The van der Waals surface area contributed by atoms with Gasteiger partial charge in [-0.25, -0.2) is 0 Å². The lowest BCUT2D eigenvalue weighted by atomic mass is 9.91. The van der Waals surface area contributed by atoms with E-state index >= 15 is 0 Å². The minimum atomic E-state index is -1.13. The molecule has 5 nitrogen and oxygen atoms in total. The lowest BCUT2D eigenvalue weighted by molar-refractivity contribution is -0.156. The van der Waals surface area contributed by atoms with Crippen LogP contribution in [0.15, 0.2) is 12.2 Å². The number of carbonyl (C=O) groups is 2. The Kier molecular flexibility index (Phi) is 6.20. The number of esters is 2. The Labute approximate surface area is 119 Å². The van der Waals surface area contributed by atoms with Crippen molar-refractivity contribution in [2.75, 3.05) is 6.61 Å². The van der Waals surface area contributed by atoms with Gasteiger partial charge in [0.25, 0.3) is 0 Å². The van der Waals surface area contributed by atoms with E-state index in [1.807, 2.05) is 6.92 Å². The molecule has 1 rings (SSSR count). The number of hydrogen-bond acceptors (Lipinski definition) is 5. The average molecular weight is 284 g/mol. The molecule has 0 aromatic rings. The zero-order chi connectivity index (χ0) is 15.2. The summed E-state index contributed by atoms with van der Waals surface area (Å²) in [6.45, 7) is 5.17. The van der Waals surface area contributed by atoms with Gasteiger partial charge in [0.15, 0.2) is 0 Å². The van der Waals surface area contributed by atoms with Crippen LogP contribution in [0.2, 0.25) is 0 Å². The molecular formula is C15H24O5. The molecule has 0 saturated carbocycles. The second-order valence-corrected chi connectivity index (χ2v) is 5.64. The fourth-order valence-electron chi connectivity index (χ4n) is 2.09. The van der Waals surface area contributed by atoms with Crippen molar-refractivity contribution in [3.05, 3.63) is 12.2 Å². The van der Waals surface area contributed by atoms with Gasteiger partial charge in [-0.15, -0.1) is 0 Å². The van der Waals surface area contributed by atoms with Crippen molar-refractivity contribution < 1.29 is 24.2 Å². The monoisotopic (exact) mass is 284 g/mol. The van der Waals surface area contributed by atoms with Crippen LogP contribution >= 0.6 is 0 Å². The molecule has 0 aliphatic carbocycles. The van der Waals surface area contributed by atoms with E-state index in [-0.39, 0.29) is 11.9 Å². The number of cyclic esters (lactones) is 1. The first-order valence-corrected chi connectivity index (χ1v) is 7.05. The van der Waals surface area contributed by atoms with Crippen LogP contribution in [0.4, 0.5) is 0 Å². The Morgan fingerprint density at radius 3 is 2.80 bits per heavy atom. The van der Waals surface area contributed by atoms with Crippen molar-refractivity contribution in [3.8, 4) is 0 Å². The Hall–Kier alpha value is -1.36. The van der Waals surface area contributed by atoms with Crippen molar-refractivity contribution in [1.29, 1.82) is 0 Å². The quantitative estimate of drug-likeness (QED) is 0.589. The maximum atomic E-state index is 11.4. The molecule has 0 aromatic carbocycles. The molecule has 1 N–H and O–H groups in total. The summed E-state index contributed by atoms with van der Waals surface area (Å²) in [6, 6.07) is 0. The second kappa shape index (κ2) is 7.43. The Balaban J connectivity index is 2.85. The fourth-order valence-corrected chi connectivity index (χ4v) is 2.09. The van der Waals surface area contributed by atoms with E-state index in [0.717, 1.165) is 0 Å². The molecular weight excluding hydrogens is 260 g/mol. The second-order valence-electron chi connectivity index (χ2n) is 5.64. The van der Waals surface area contributed by atoms with E-state index in [4.69, 9.17) is 9.47 Å². The van der Waals surface area contributed by atoms with Crippen LogP contribution in [0.1, 0.15) is 46.5 Å². The number of ether oxygens (including phenoxy) is 2. The van der Waals surface area contributed by atoms with E-state index in [2.05, 4.69) is 0 Å². The smallest absolute Gasteiger partial charge is 0.305 e. The Morgan fingerprint density at radius 1 is 1.45 bits per heavy atom. The molecule has 0 saturated heterocycles. The first-order valence-electron chi connectivity index (χ1n) is 7.05. The summed E-state index contributed by atoms with van der Waals surface area (Å²) < 4.78 is 10.3. The summed E-state index contributed by atoms with van der Waals surface area (Å²) in [5.74, 6) is -0.625. The van der Waals surface area contributed by atoms with Crippen LogP contribution in [0.3, 0.4) is 0 Å². The van der Waals surface area contributed by atoms with E-state index in [9.17, 15) is 14.7 Å². The van der Waals surface area contributed by atoms with Crippen LogP contribution in [0.5, 0.6) is 0 Å². The van der Waals surface area contributed by atoms with Crippen molar-refractivity contribution in [2.24, 2.45) is 5.92 Å². The molecule has 0 amide bonds. The van der Waals surface area contributed by atoms with Gasteiger partial charge >= 0.3 is 11.9 Å². The molecule has 5 heteroatoms. The van der Waals surface area contributed by atoms with Gasteiger partial charge < -0.3 is 14.6 Å². The highest BCUT2D eigenvalue weighted by Crippen LogP contribution is 2.24. The highest BCUT2D eigenvalue weighted by Gasteiger charge is 2.32. The minimum absolute atomic E-state index is 0.00670. The van der Waals surface area contributed by atoms with Crippen LogP contribution in [0, 0.1) is 5.92 Å². The van der Waals surface area contributed by atoms with Gasteiger partial charge in [0, 0.05) is 19.3 Å². The molecule has 0 radical (unpaired) electrons. The zero-order valence-corrected chi connectivity index (χ0v) is 12.4. The van der Waals surface area contributed by atoms with E-state index in [0.29, 0.717) is 32.3 Å². The predicted octanol–water partition coefficient (Wildman–Crippen LogP) is 1.98. The summed E-state index contributed by atoms with van der Waals surface area (Å²) in [5, 5.41) is 10.5. The fraction of sp³-hybridized carbons (Fsp3) is 0.733. The summed E-state index contributed by atoms with van der Waals surface area (Å²) in [6.07, 6.45) is 4.93. The number of aliphatic hydroxyl groups is 1. The summed E-state index contributed by atoms with van der Waals surface area (Å²) >= 11 is 0. The summed E-state index contributed by atoms with van der Waals surface area (Å²) in [7, 11) is 0.